The van der Waals surface area contributed by atoms with Gasteiger partial charge in [-0.15, -0.1) is 0 Å². The summed E-state index contributed by atoms with van der Waals surface area (Å²) in [6, 6.07) is 10.9. The molecule has 1 fully saturated rings. The van der Waals surface area contributed by atoms with Crippen molar-refractivity contribution in [3.05, 3.63) is 64.1 Å². The fourth-order valence-electron chi connectivity index (χ4n) is 3.44. The van der Waals surface area contributed by atoms with Gasteiger partial charge in [0, 0.05) is 32.9 Å². The van der Waals surface area contributed by atoms with Gasteiger partial charge in [0.25, 0.3) is 17.4 Å². The lowest BCUT2D eigenvalue weighted by Gasteiger charge is -2.32. The highest BCUT2D eigenvalue weighted by atomic mass is 16.5. The molecule has 154 valence electrons. The molecular weight excluding hydrogens is 370 g/mol. The maximum absolute atomic E-state index is 12.6. The molecule has 1 aliphatic rings. The summed E-state index contributed by atoms with van der Waals surface area (Å²) in [5.74, 6) is 0.640. The Morgan fingerprint density at radius 1 is 1.14 bits per heavy atom. The van der Waals surface area contributed by atoms with E-state index >= 15 is 0 Å². The molecule has 0 saturated carbocycles. The van der Waals surface area contributed by atoms with Crippen LogP contribution in [0.3, 0.4) is 0 Å². The third-order valence-electron chi connectivity index (χ3n) is 5.30. The number of rotatable bonds is 6. The van der Waals surface area contributed by atoms with Crippen LogP contribution in [0.25, 0.3) is 0 Å². The molecule has 29 heavy (non-hydrogen) atoms. The van der Waals surface area contributed by atoms with Crippen LogP contribution in [0.5, 0.6) is 5.75 Å². The minimum absolute atomic E-state index is 0.0144. The van der Waals surface area contributed by atoms with Crippen LogP contribution in [-0.4, -0.2) is 47.5 Å². The van der Waals surface area contributed by atoms with Crippen molar-refractivity contribution < 1.29 is 14.3 Å². The van der Waals surface area contributed by atoms with Crippen molar-refractivity contribution in [3.63, 3.8) is 0 Å². The lowest BCUT2D eigenvalue weighted by atomic mass is 9.96. The summed E-state index contributed by atoms with van der Waals surface area (Å²) in [6.07, 6.45) is 3.21. The number of aromatic nitrogens is 1. The van der Waals surface area contributed by atoms with Crippen LogP contribution >= 0.6 is 0 Å². The van der Waals surface area contributed by atoms with Crippen molar-refractivity contribution >= 4 is 11.8 Å². The summed E-state index contributed by atoms with van der Waals surface area (Å²) >= 11 is 0. The third-order valence-corrected chi connectivity index (χ3v) is 5.30. The Kier molecular flexibility index (Phi) is 6.69. The van der Waals surface area contributed by atoms with Gasteiger partial charge < -0.3 is 19.5 Å². The van der Waals surface area contributed by atoms with E-state index in [4.69, 9.17) is 4.74 Å². The zero-order chi connectivity index (χ0) is 20.8. The number of hydrogen-bond donors (Lipinski definition) is 1. The summed E-state index contributed by atoms with van der Waals surface area (Å²) in [6.45, 7) is 3.65. The third kappa shape index (κ3) is 5.25. The SMILES string of the molecule is Cc1ccccc1OCC(=O)NCC1CCN(C(=O)c2cccn(C)c2=O)CC1. The van der Waals surface area contributed by atoms with Gasteiger partial charge in [0.05, 0.1) is 0 Å². The van der Waals surface area contributed by atoms with E-state index in [-0.39, 0.29) is 29.5 Å². The van der Waals surface area contributed by atoms with Gasteiger partial charge in [-0.1, -0.05) is 18.2 Å². The van der Waals surface area contributed by atoms with Gasteiger partial charge in [-0.3, -0.25) is 14.4 Å². The second-order valence-corrected chi connectivity index (χ2v) is 7.43. The fraction of sp³-hybridized carbons (Fsp3) is 0.409. The number of hydrogen-bond acceptors (Lipinski definition) is 4. The second-order valence-electron chi connectivity index (χ2n) is 7.43. The average Bonchev–Trinajstić information content (AvgIpc) is 2.73. The van der Waals surface area contributed by atoms with Crippen molar-refractivity contribution in [3.8, 4) is 5.75 Å². The molecule has 2 amide bonds. The van der Waals surface area contributed by atoms with E-state index < -0.39 is 0 Å². The highest BCUT2D eigenvalue weighted by molar-refractivity contribution is 5.93. The Hall–Kier alpha value is -3.09. The zero-order valence-corrected chi connectivity index (χ0v) is 16.9. The number of nitrogens with zero attached hydrogens (tertiary/aromatic N) is 2. The molecule has 7 nitrogen and oxygen atoms in total. The quantitative estimate of drug-likeness (QED) is 0.805. The van der Waals surface area contributed by atoms with Crippen LogP contribution in [0, 0.1) is 12.8 Å². The Morgan fingerprint density at radius 3 is 2.59 bits per heavy atom. The molecule has 2 heterocycles. The molecule has 1 aromatic carbocycles. The van der Waals surface area contributed by atoms with Gasteiger partial charge in [-0.05, 0) is 49.4 Å². The Morgan fingerprint density at radius 2 is 1.86 bits per heavy atom. The minimum atomic E-state index is -0.277. The summed E-state index contributed by atoms with van der Waals surface area (Å²) in [4.78, 5) is 38.5. The number of carbonyl (C=O) groups excluding carboxylic acids is 2. The van der Waals surface area contributed by atoms with Gasteiger partial charge in [0.1, 0.15) is 11.3 Å². The first-order chi connectivity index (χ1) is 14.0. The van der Waals surface area contributed by atoms with Crippen LogP contribution in [0.2, 0.25) is 0 Å². The molecule has 7 heteroatoms. The maximum Gasteiger partial charge on any atom is 0.263 e. The van der Waals surface area contributed by atoms with Crippen molar-refractivity contribution in [2.75, 3.05) is 26.2 Å². The first-order valence-corrected chi connectivity index (χ1v) is 9.85. The molecule has 0 atom stereocenters. The lowest BCUT2D eigenvalue weighted by Crippen LogP contribution is -2.43. The van der Waals surface area contributed by atoms with Crippen molar-refractivity contribution in [1.29, 1.82) is 0 Å². The van der Waals surface area contributed by atoms with Gasteiger partial charge in [-0.25, -0.2) is 0 Å². The molecule has 0 unspecified atom stereocenters. The summed E-state index contributed by atoms with van der Waals surface area (Å²) in [5, 5.41) is 2.91. The van der Waals surface area contributed by atoms with Gasteiger partial charge in [-0.2, -0.15) is 0 Å². The predicted molar refractivity (Wildman–Crippen MR) is 110 cm³/mol. The van der Waals surface area contributed by atoms with Crippen molar-refractivity contribution in [1.82, 2.24) is 14.8 Å². The number of nitrogens with one attached hydrogen (secondary N) is 1. The minimum Gasteiger partial charge on any atom is -0.484 e. The predicted octanol–water partition coefficient (Wildman–Crippen LogP) is 1.74. The first-order valence-electron chi connectivity index (χ1n) is 9.85. The number of likely N-dealkylation sites (tertiary alicyclic amines) is 1. The van der Waals surface area contributed by atoms with E-state index in [0.717, 1.165) is 18.4 Å². The van der Waals surface area contributed by atoms with Crippen molar-refractivity contribution in [2.45, 2.75) is 19.8 Å². The van der Waals surface area contributed by atoms with Gasteiger partial charge in [0.15, 0.2) is 6.61 Å². The molecule has 1 saturated heterocycles. The van der Waals surface area contributed by atoms with Crippen LogP contribution in [0.1, 0.15) is 28.8 Å². The second kappa shape index (κ2) is 9.41. The van der Waals surface area contributed by atoms with Gasteiger partial charge in [0.2, 0.25) is 0 Å². The molecule has 1 aromatic heterocycles. The van der Waals surface area contributed by atoms with E-state index in [1.807, 2.05) is 31.2 Å². The van der Waals surface area contributed by atoms with Crippen LogP contribution in [-0.2, 0) is 11.8 Å². The Labute approximate surface area is 170 Å². The Balaban J connectivity index is 1.42. The largest absolute Gasteiger partial charge is 0.484 e. The molecule has 0 aliphatic carbocycles. The number of ether oxygens (including phenoxy) is 1. The highest BCUT2D eigenvalue weighted by Gasteiger charge is 2.25. The molecule has 1 aliphatic heterocycles. The molecule has 0 spiro atoms. The number of aryl methyl sites for hydroxylation is 2. The number of carbonyl (C=O) groups is 2. The summed E-state index contributed by atoms with van der Waals surface area (Å²) in [7, 11) is 1.64. The standard InChI is InChI=1S/C22H27N3O4/c1-16-6-3-4-8-19(16)29-15-20(26)23-14-17-9-12-25(13-10-17)22(28)18-7-5-11-24(2)21(18)27/h3-8,11,17H,9-10,12-15H2,1-2H3,(H,23,26). The van der Waals surface area contributed by atoms with E-state index in [1.165, 1.54) is 4.57 Å². The zero-order valence-electron chi connectivity index (χ0n) is 16.9. The van der Waals surface area contributed by atoms with E-state index in [9.17, 15) is 14.4 Å². The first kappa shape index (κ1) is 20.6. The molecular formula is C22H27N3O4. The monoisotopic (exact) mass is 397 g/mol. The number of para-hydroxylation sites is 1. The summed E-state index contributed by atoms with van der Waals surface area (Å²) < 4.78 is 6.97. The molecule has 0 bridgehead atoms. The summed E-state index contributed by atoms with van der Waals surface area (Å²) in [5.41, 5.74) is 0.918. The molecule has 0 radical (unpaired) electrons. The molecule has 1 N–H and O–H groups in total. The molecule has 3 rings (SSSR count). The smallest absolute Gasteiger partial charge is 0.263 e. The molecule has 2 aromatic rings. The maximum atomic E-state index is 12.6. The average molecular weight is 397 g/mol. The number of piperidine rings is 1. The number of amides is 2. The lowest BCUT2D eigenvalue weighted by molar-refractivity contribution is -0.123. The Bertz CT molecular complexity index is 930. The normalized spacial score (nSPS) is 14.5. The highest BCUT2D eigenvalue weighted by Crippen LogP contribution is 2.18. The van der Waals surface area contributed by atoms with E-state index in [2.05, 4.69) is 5.32 Å². The topological polar surface area (TPSA) is 80.6 Å². The van der Waals surface area contributed by atoms with E-state index in [1.54, 1.807) is 30.3 Å². The van der Waals surface area contributed by atoms with Crippen LogP contribution in [0.4, 0.5) is 0 Å². The van der Waals surface area contributed by atoms with Crippen LogP contribution < -0.4 is 15.6 Å². The van der Waals surface area contributed by atoms with E-state index in [0.29, 0.717) is 31.3 Å². The fourth-order valence-corrected chi connectivity index (χ4v) is 3.44. The van der Waals surface area contributed by atoms with Crippen molar-refractivity contribution in [2.24, 2.45) is 13.0 Å². The van der Waals surface area contributed by atoms with Gasteiger partial charge >= 0.3 is 0 Å². The number of pyridine rings is 1. The number of benzene rings is 1. The van der Waals surface area contributed by atoms with Crippen LogP contribution in [0.15, 0.2) is 47.4 Å².